The van der Waals surface area contributed by atoms with E-state index < -0.39 is 0 Å². The van der Waals surface area contributed by atoms with Crippen molar-refractivity contribution < 1.29 is 9.84 Å². The number of nitrogens with zero attached hydrogens (tertiary/aromatic N) is 2. The Labute approximate surface area is 119 Å². The van der Waals surface area contributed by atoms with E-state index in [0.717, 1.165) is 30.2 Å². The first-order chi connectivity index (χ1) is 9.11. The van der Waals surface area contributed by atoms with Crippen LogP contribution in [0.15, 0.2) is 5.38 Å². The number of hydrogen-bond acceptors (Lipinski definition) is 5. The van der Waals surface area contributed by atoms with Crippen LogP contribution < -0.4 is 0 Å². The van der Waals surface area contributed by atoms with Crippen molar-refractivity contribution in [2.45, 2.75) is 57.9 Å². The van der Waals surface area contributed by atoms with Gasteiger partial charge in [0.05, 0.1) is 11.8 Å². The largest absolute Gasteiger partial charge is 0.392 e. The van der Waals surface area contributed by atoms with Gasteiger partial charge in [-0.3, -0.25) is 4.90 Å². The Morgan fingerprint density at radius 3 is 3.00 bits per heavy atom. The predicted octanol–water partition coefficient (Wildman–Crippen LogP) is 2.59. The van der Waals surface area contributed by atoms with Crippen LogP contribution in [-0.2, 0) is 11.3 Å². The third kappa shape index (κ3) is 3.75. The molecule has 0 saturated carbocycles. The normalized spacial score (nSPS) is 24.3. The molecule has 1 N–H and O–H groups in total. The summed E-state index contributed by atoms with van der Waals surface area (Å²) in [5.41, 5.74) is 1.09. The van der Waals surface area contributed by atoms with E-state index in [1.165, 1.54) is 12.8 Å². The Morgan fingerprint density at radius 2 is 2.32 bits per heavy atom. The van der Waals surface area contributed by atoms with Gasteiger partial charge in [0.15, 0.2) is 0 Å². The predicted molar refractivity (Wildman–Crippen MR) is 77.3 cm³/mol. The van der Waals surface area contributed by atoms with Gasteiger partial charge in [-0.25, -0.2) is 4.98 Å². The highest BCUT2D eigenvalue weighted by molar-refractivity contribution is 7.09. The SMILES string of the molecule is COC(C)c1nc(CN2CCCCC2C(C)O)cs1. The van der Waals surface area contributed by atoms with Crippen LogP contribution in [0.25, 0.3) is 0 Å². The van der Waals surface area contributed by atoms with Gasteiger partial charge >= 0.3 is 0 Å². The quantitative estimate of drug-likeness (QED) is 0.902. The van der Waals surface area contributed by atoms with Gasteiger partial charge in [-0.05, 0) is 33.2 Å². The van der Waals surface area contributed by atoms with E-state index in [1.807, 2.05) is 13.8 Å². The Bertz CT molecular complexity index is 395. The van der Waals surface area contributed by atoms with Gasteiger partial charge in [-0.2, -0.15) is 0 Å². The van der Waals surface area contributed by atoms with Gasteiger partial charge in [-0.15, -0.1) is 11.3 Å². The van der Waals surface area contributed by atoms with E-state index in [4.69, 9.17) is 4.74 Å². The molecule has 5 heteroatoms. The number of hydrogen-bond donors (Lipinski definition) is 1. The number of ether oxygens (including phenoxy) is 1. The van der Waals surface area contributed by atoms with Crippen LogP contribution in [0.1, 0.15) is 49.9 Å². The molecule has 2 heterocycles. The van der Waals surface area contributed by atoms with Crippen molar-refractivity contribution in [1.29, 1.82) is 0 Å². The lowest BCUT2D eigenvalue weighted by atomic mass is 9.98. The number of methoxy groups -OCH3 is 1. The fraction of sp³-hybridized carbons (Fsp3) is 0.786. The molecule has 1 saturated heterocycles. The number of rotatable bonds is 5. The monoisotopic (exact) mass is 284 g/mol. The number of piperidine rings is 1. The zero-order chi connectivity index (χ0) is 13.8. The van der Waals surface area contributed by atoms with E-state index in [9.17, 15) is 5.11 Å². The fourth-order valence-electron chi connectivity index (χ4n) is 2.65. The lowest BCUT2D eigenvalue weighted by molar-refractivity contribution is 0.0309. The van der Waals surface area contributed by atoms with Gasteiger partial charge in [0.2, 0.25) is 0 Å². The van der Waals surface area contributed by atoms with Crippen molar-refractivity contribution in [3.63, 3.8) is 0 Å². The highest BCUT2D eigenvalue weighted by Crippen LogP contribution is 2.25. The minimum absolute atomic E-state index is 0.0627. The smallest absolute Gasteiger partial charge is 0.122 e. The summed E-state index contributed by atoms with van der Waals surface area (Å²) in [4.78, 5) is 7.00. The van der Waals surface area contributed by atoms with Crippen molar-refractivity contribution in [3.8, 4) is 0 Å². The number of likely N-dealkylation sites (tertiary alicyclic amines) is 1. The van der Waals surface area contributed by atoms with Crippen LogP contribution in [0.3, 0.4) is 0 Å². The lowest BCUT2D eigenvalue weighted by Gasteiger charge is -2.37. The van der Waals surface area contributed by atoms with Crippen LogP contribution in [0, 0.1) is 0 Å². The number of aliphatic hydroxyl groups excluding tert-OH is 1. The first-order valence-corrected chi connectivity index (χ1v) is 7.89. The summed E-state index contributed by atoms with van der Waals surface area (Å²) in [7, 11) is 1.71. The topological polar surface area (TPSA) is 45.6 Å². The molecule has 108 valence electrons. The molecule has 4 nitrogen and oxygen atoms in total. The Kier molecular flexibility index (Phi) is 5.33. The molecule has 3 atom stereocenters. The van der Waals surface area contributed by atoms with E-state index in [1.54, 1.807) is 18.4 Å². The molecular formula is C14H24N2O2S. The molecule has 1 aliphatic heterocycles. The zero-order valence-electron chi connectivity index (χ0n) is 12.0. The van der Waals surface area contributed by atoms with Crippen molar-refractivity contribution >= 4 is 11.3 Å². The Morgan fingerprint density at radius 1 is 1.53 bits per heavy atom. The number of thiazole rings is 1. The van der Waals surface area contributed by atoms with Gasteiger partial charge in [-0.1, -0.05) is 6.42 Å². The molecular weight excluding hydrogens is 260 g/mol. The molecule has 3 unspecified atom stereocenters. The molecule has 2 rings (SSSR count). The highest BCUT2D eigenvalue weighted by atomic mass is 32.1. The van der Waals surface area contributed by atoms with Gasteiger partial charge < -0.3 is 9.84 Å². The fourth-order valence-corrected chi connectivity index (χ4v) is 3.49. The Balaban J connectivity index is 2.00. The standard InChI is InChI=1S/C14H24N2O2S/c1-10(17)13-6-4-5-7-16(13)8-12-9-19-14(15-12)11(2)18-3/h9-11,13,17H,4-8H2,1-3H3. The molecule has 19 heavy (non-hydrogen) atoms. The summed E-state index contributed by atoms with van der Waals surface area (Å²) in [6.07, 6.45) is 3.32. The molecule has 0 bridgehead atoms. The minimum atomic E-state index is -0.267. The highest BCUT2D eigenvalue weighted by Gasteiger charge is 2.26. The van der Waals surface area contributed by atoms with Crippen molar-refractivity contribution in [2.24, 2.45) is 0 Å². The summed E-state index contributed by atoms with van der Waals surface area (Å²) >= 11 is 1.66. The molecule has 1 aromatic heterocycles. The third-order valence-electron chi connectivity index (χ3n) is 3.86. The first-order valence-electron chi connectivity index (χ1n) is 7.01. The Hall–Kier alpha value is -0.490. The second kappa shape index (κ2) is 6.79. The van der Waals surface area contributed by atoms with Crippen LogP contribution in [0.4, 0.5) is 0 Å². The van der Waals surface area contributed by atoms with Crippen molar-refractivity contribution in [2.75, 3.05) is 13.7 Å². The molecule has 0 aliphatic carbocycles. The summed E-state index contributed by atoms with van der Waals surface area (Å²) < 4.78 is 5.29. The summed E-state index contributed by atoms with van der Waals surface area (Å²) in [6, 6.07) is 0.277. The van der Waals surface area contributed by atoms with Crippen LogP contribution >= 0.6 is 11.3 Å². The van der Waals surface area contributed by atoms with Crippen LogP contribution in [0.5, 0.6) is 0 Å². The molecule has 1 aromatic rings. The van der Waals surface area contributed by atoms with Crippen molar-refractivity contribution in [3.05, 3.63) is 16.1 Å². The maximum atomic E-state index is 9.88. The van der Waals surface area contributed by atoms with Gasteiger partial charge in [0.25, 0.3) is 0 Å². The molecule has 0 spiro atoms. The molecule has 1 fully saturated rings. The van der Waals surface area contributed by atoms with Gasteiger partial charge in [0, 0.05) is 25.1 Å². The second-order valence-corrected chi connectivity index (χ2v) is 6.22. The second-order valence-electron chi connectivity index (χ2n) is 5.33. The molecule has 0 amide bonds. The molecule has 0 aromatic carbocycles. The van der Waals surface area contributed by atoms with E-state index >= 15 is 0 Å². The summed E-state index contributed by atoms with van der Waals surface area (Å²) in [5.74, 6) is 0. The first kappa shape index (κ1) is 14.9. The zero-order valence-corrected chi connectivity index (χ0v) is 12.8. The molecule has 1 aliphatic rings. The molecule has 0 radical (unpaired) electrons. The van der Waals surface area contributed by atoms with Crippen LogP contribution in [-0.4, -0.2) is 40.8 Å². The van der Waals surface area contributed by atoms with E-state index in [0.29, 0.717) is 0 Å². The number of aliphatic hydroxyl groups is 1. The average molecular weight is 284 g/mol. The van der Waals surface area contributed by atoms with Crippen molar-refractivity contribution in [1.82, 2.24) is 9.88 Å². The third-order valence-corrected chi connectivity index (χ3v) is 4.91. The van der Waals surface area contributed by atoms with Gasteiger partial charge in [0.1, 0.15) is 11.1 Å². The summed E-state index contributed by atoms with van der Waals surface area (Å²) in [6.45, 7) is 5.80. The number of aromatic nitrogens is 1. The van der Waals surface area contributed by atoms with E-state index in [2.05, 4.69) is 15.3 Å². The minimum Gasteiger partial charge on any atom is -0.392 e. The van der Waals surface area contributed by atoms with Crippen LogP contribution in [0.2, 0.25) is 0 Å². The summed E-state index contributed by atoms with van der Waals surface area (Å²) in [5, 5.41) is 13.0. The van der Waals surface area contributed by atoms with E-state index in [-0.39, 0.29) is 18.2 Å². The maximum Gasteiger partial charge on any atom is 0.122 e. The lowest BCUT2D eigenvalue weighted by Crippen LogP contribution is -2.45. The maximum absolute atomic E-state index is 9.88. The average Bonchev–Trinajstić information content (AvgIpc) is 2.86.